The van der Waals surface area contributed by atoms with Crippen LogP contribution in [0.5, 0.6) is 0 Å². The summed E-state index contributed by atoms with van der Waals surface area (Å²) < 4.78 is 0. The number of aliphatic hydroxyl groups excluding tert-OH is 1. The maximum Gasteiger partial charge on any atom is 0.0833 e. The van der Waals surface area contributed by atoms with Crippen molar-refractivity contribution >= 4 is 0 Å². The lowest BCUT2D eigenvalue weighted by atomic mass is 9.61. The van der Waals surface area contributed by atoms with Gasteiger partial charge in [-0.25, -0.2) is 0 Å². The molecule has 2 heteroatoms. The first-order chi connectivity index (χ1) is 14.0. The highest BCUT2D eigenvalue weighted by molar-refractivity contribution is 5.36. The van der Waals surface area contributed by atoms with E-state index in [1.165, 1.54) is 16.7 Å². The summed E-state index contributed by atoms with van der Waals surface area (Å²) in [6, 6.07) is 0. The second-order valence-corrected chi connectivity index (χ2v) is 11.2. The Morgan fingerprint density at radius 2 is 1.90 bits per heavy atom. The van der Waals surface area contributed by atoms with E-state index in [1.807, 2.05) is 6.92 Å². The van der Waals surface area contributed by atoms with Crippen molar-refractivity contribution < 1.29 is 10.2 Å². The third-order valence-electron chi connectivity index (χ3n) is 8.63. The van der Waals surface area contributed by atoms with Gasteiger partial charge >= 0.3 is 0 Å². The molecule has 0 amide bonds. The summed E-state index contributed by atoms with van der Waals surface area (Å²) >= 11 is 0. The molecular weight excluding hydrogens is 368 g/mol. The maximum atomic E-state index is 11.5. The van der Waals surface area contributed by atoms with Gasteiger partial charge in [-0.05, 0) is 99.0 Å². The van der Waals surface area contributed by atoms with Gasteiger partial charge in [-0.1, -0.05) is 63.6 Å². The zero-order chi connectivity index (χ0) is 22.1. The molecule has 3 aliphatic carbocycles. The van der Waals surface area contributed by atoms with Gasteiger partial charge in [0.05, 0.1) is 11.7 Å². The number of fused-ring (bicyclic) bond motifs is 1. The molecule has 1 saturated carbocycles. The van der Waals surface area contributed by atoms with Crippen LogP contribution in [-0.4, -0.2) is 21.9 Å². The van der Waals surface area contributed by atoms with Crippen molar-refractivity contribution in [1.82, 2.24) is 0 Å². The average Bonchev–Trinajstić information content (AvgIpc) is 3.05. The highest BCUT2D eigenvalue weighted by Gasteiger charge is 2.53. The first-order valence-corrected chi connectivity index (χ1v) is 12.2. The Bertz CT molecular complexity index is 736. The fourth-order valence-electron chi connectivity index (χ4n) is 6.13. The minimum Gasteiger partial charge on any atom is -0.393 e. The predicted molar refractivity (Wildman–Crippen MR) is 127 cm³/mol. The van der Waals surface area contributed by atoms with Gasteiger partial charge in [-0.2, -0.15) is 0 Å². The van der Waals surface area contributed by atoms with Crippen molar-refractivity contribution in [3.8, 4) is 0 Å². The molecular formula is C28H44O2. The molecule has 0 heterocycles. The topological polar surface area (TPSA) is 40.5 Å². The van der Waals surface area contributed by atoms with Crippen LogP contribution in [0.3, 0.4) is 0 Å². The summed E-state index contributed by atoms with van der Waals surface area (Å²) in [6.45, 7) is 13.4. The lowest BCUT2D eigenvalue weighted by Crippen LogP contribution is -2.43. The van der Waals surface area contributed by atoms with Gasteiger partial charge in [0.2, 0.25) is 0 Å². The number of allylic oxidation sites excluding steroid dienone is 6. The Hall–Kier alpha value is -1.12. The van der Waals surface area contributed by atoms with Crippen LogP contribution in [0, 0.1) is 29.1 Å². The van der Waals surface area contributed by atoms with Crippen molar-refractivity contribution in [2.45, 2.75) is 98.2 Å². The molecule has 0 aliphatic heterocycles. The second-order valence-electron chi connectivity index (χ2n) is 11.2. The summed E-state index contributed by atoms with van der Waals surface area (Å²) in [5.41, 5.74) is 3.56. The molecule has 0 aromatic carbocycles. The van der Waals surface area contributed by atoms with E-state index in [-0.39, 0.29) is 11.5 Å². The van der Waals surface area contributed by atoms with Crippen LogP contribution in [0.15, 0.2) is 47.1 Å². The van der Waals surface area contributed by atoms with E-state index in [2.05, 4.69) is 65.0 Å². The van der Waals surface area contributed by atoms with E-state index in [4.69, 9.17) is 0 Å². The Balaban J connectivity index is 1.78. The van der Waals surface area contributed by atoms with E-state index in [0.29, 0.717) is 23.7 Å². The Morgan fingerprint density at radius 1 is 1.17 bits per heavy atom. The monoisotopic (exact) mass is 412 g/mol. The van der Waals surface area contributed by atoms with E-state index in [9.17, 15) is 10.2 Å². The zero-order valence-electron chi connectivity index (χ0n) is 20.1. The molecule has 0 radical (unpaired) electrons. The molecule has 1 fully saturated rings. The zero-order valence-corrected chi connectivity index (χ0v) is 20.1. The fraction of sp³-hybridized carbons (Fsp3) is 0.714. The highest BCUT2D eigenvalue weighted by atomic mass is 16.3. The highest BCUT2D eigenvalue weighted by Crippen LogP contribution is 2.59. The first-order valence-electron chi connectivity index (χ1n) is 12.2. The van der Waals surface area contributed by atoms with Crippen LogP contribution in [-0.2, 0) is 0 Å². The minimum absolute atomic E-state index is 0.138. The van der Waals surface area contributed by atoms with Crippen molar-refractivity contribution in [3.05, 3.63) is 47.1 Å². The van der Waals surface area contributed by atoms with Crippen LogP contribution < -0.4 is 0 Å². The standard InChI is InChI=1S/C28H44O2/c1-19(2)20(3)15-17-28(6,30)26-14-13-25-22(8-7-16-27(25,26)5)10-11-23-18-24(29)12-9-21(23)4/h8,10-11,15,17,19-20,24-26,29-30H,7,9,12-14,16,18H2,1-6H3/t20-,24-,25-,26-,27-,28+/m0/s1. The van der Waals surface area contributed by atoms with Crippen molar-refractivity contribution in [2.75, 3.05) is 0 Å². The Kier molecular flexibility index (Phi) is 7.19. The smallest absolute Gasteiger partial charge is 0.0833 e. The lowest BCUT2D eigenvalue weighted by molar-refractivity contribution is -0.0198. The van der Waals surface area contributed by atoms with Crippen LogP contribution in [0.25, 0.3) is 0 Å². The molecule has 0 bridgehead atoms. The summed E-state index contributed by atoms with van der Waals surface area (Å²) in [5, 5.41) is 21.5. The normalized spacial score (nSPS) is 35.8. The quantitative estimate of drug-likeness (QED) is 0.473. The molecule has 3 rings (SSSR count). The SMILES string of the molecule is CC1=C(C=CC2=CCC[C@@]3(C)[C@H]2CC[C@@H]3[C@](C)(O)C=C[C@H](C)C(C)C)C[C@@H](O)CC1. The third kappa shape index (κ3) is 4.86. The van der Waals surface area contributed by atoms with Gasteiger partial charge in [0.1, 0.15) is 0 Å². The first kappa shape index (κ1) is 23.5. The summed E-state index contributed by atoms with van der Waals surface area (Å²) in [4.78, 5) is 0. The van der Waals surface area contributed by atoms with Gasteiger partial charge in [0.25, 0.3) is 0 Å². The number of hydrogen-bond acceptors (Lipinski definition) is 2. The molecule has 168 valence electrons. The van der Waals surface area contributed by atoms with Crippen LogP contribution in [0.4, 0.5) is 0 Å². The molecule has 30 heavy (non-hydrogen) atoms. The maximum absolute atomic E-state index is 11.5. The molecule has 0 spiro atoms. The van der Waals surface area contributed by atoms with E-state index in [0.717, 1.165) is 44.9 Å². The third-order valence-corrected chi connectivity index (χ3v) is 8.63. The summed E-state index contributed by atoms with van der Waals surface area (Å²) in [5.74, 6) is 1.88. The molecule has 6 atom stereocenters. The van der Waals surface area contributed by atoms with E-state index < -0.39 is 5.60 Å². The summed E-state index contributed by atoms with van der Waals surface area (Å²) in [7, 11) is 0. The van der Waals surface area contributed by atoms with E-state index >= 15 is 0 Å². The van der Waals surface area contributed by atoms with Crippen molar-refractivity contribution in [3.63, 3.8) is 0 Å². The van der Waals surface area contributed by atoms with Gasteiger partial charge in [0.15, 0.2) is 0 Å². The van der Waals surface area contributed by atoms with Crippen LogP contribution in [0.2, 0.25) is 0 Å². The Morgan fingerprint density at radius 3 is 2.60 bits per heavy atom. The number of rotatable bonds is 6. The molecule has 0 saturated heterocycles. The van der Waals surface area contributed by atoms with Gasteiger partial charge in [0, 0.05) is 0 Å². The molecule has 3 aliphatic rings. The van der Waals surface area contributed by atoms with Crippen LogP contribution in [0.1, 0.15) is 86.5 Å². The van der Waals surface area contributed by atoms with Crippen molar-refractivity contribution in [2.24, 2.45) is 29.1 Å². The molecule has 2 nitrogen and oxygen atoms in total. The molecule has 0 aromatic rings. The van der Waals surface area contributed by atoms with Crippen LogP contribution >= 0.6 is 0 Å². The number of hydrogen-bond donors (Lipinski definition) is 2. The van der Waals surface area contributed by atoms with Gasteiger partial charge < -0.3 is 10.2 Å². The predicted octanol–water partition coefficient (Wildman–Crippen LogP) is 6.76. The second kappa shape index (κ2) is 9.17. The average molecular weight is 413 g/mol. The minimum atomic E-state index is -0.759. The van der Waals surface area contributed by atoms with Gasteiger partial charge in [-0.15, -0.1) is 0 Å². The summed E-state index contributed by atoms with van der Waals surface area (Å²) in [6.07, 6.45) is 18.3. The fourth-order valence-corrected chi connectivity index (χ4v) is 6.13. The molecule has 0 unspecified atom stereocenters. The number of aliphatic hydroxyl groups is 2. The largest absolute Gasteiger partial charge is 0.393 e. The van der Waals surface area contributed by atoms with Crippen molar-refractivity contribution in [1.29, 1.82) is 0 Å². The van der Waals surface area contributed by atoms with Gasteiger partial charge in [-0.3, -0.25) is 0 Å². The van der Waals surface area contributed by atoms with E-state index in [1.54, 1.807) is 0 Å². The molecule has 0 aromatic heterocycles. The Labute approximate surface area is 184 Å². The lowest BCUT2D eigenvalue weighted by Gasteiger charge is -2.45. The molecule has 2 N–H and O–H groups in total.